The van der Waals surface area contributed by atoms with E-state index in [-0.39, 0.29) is 0 Å². The van der Waals surface area contributed by atoms with Crippen LogP contribution >= 0.6 is 0 Å². The molecular formula is C15H28N2O. The van der Waals surface area contributed by atoms with Crippen LogP contribution in [0.3, 0.4) is 0 Å². The summed E-state index contributed by atoms with van der Waals surface area (Å²) in [6, 6.07) is 0.602. The maximum absolute atomic E-state index is 11.6. The fourth-order valence-corrected chi connectivity index (χ4v) is 3.57. The zero-order valence-electron chi connectivity index (χ0n) is 12.2. The van der Waals surface area contributed by atoms with Gasteiger partial charge in [0, 0.05) is 25.6 Å². The lowest BCUT2D eigenvalue weighted by Crippen LogP contribution is -2.50. The molecule has 1 aliphatic heterocycles. The summed E-state index contributed by atoms with van der Waals surface area (Å²) in [5.41, 5.74) is 0.591. The molecule has 0 aromatic rings. The highest BCUT2D eigenvalue weighted by molar-refractivity contribution is 5.75. The molecule has 2 aliphatic rings. The topological polar surface area (TPSA) is 32.3 Å². The number of likely N-dealkylation sites (tertiary alicyclic amines) is 1. The standard InChI is InChI=1S/C15H28N2O/c1-4-14(18)17-7-5-15(6-8-17)9-13(10-15)11-16-12(2)3/h12-13,16H,4-11H2,1-3H3. The van der Waals surface area contributed by atoms with Gasteiger partial charge in [-0.3, -0.25) is 4.79 Å². The Morgan fingerprint density at radius 1 is 1.33 bits per heavy atom. The van der Waals surface area contributed by atoms with Crippen molar-refractivity contribution in [2.45, 2.75) is 58.9 Å². The van der Waals surface area contributed by atoms with Crippen LogP contribution in [-0.4, -0.2) is 36.5 Å². The second kappa shape index (κ2) is 5.60. The predicted molar refractivity (Wildman–Crippen MR) is 74.4 cm³/mol. The van der Waals surface area contributed by atoms with E-state index in [0.717, 1.165) is 19.0 Å². The van der Waals surface area contributed by atoms with Crippen molar-refractivity contribution in [3.63, 3.8) is 0 Å². The largest absolute Gasteiger partial charge is 0.343 e. The Morgan fingerprint density at radius 2 is 1.94 bits per heavy atom. The van der Waals surface area contributed by atoms with Gasteiger partial charge in [0.25, 0.3) is 0 Å². The molecule has 0 atom stereocenters. The Kier molecular flexibility index (Phi) is 4.31. The lowest BCUT2D eigenvalue weighted by molar-refractivity contribution is -0.135. The maximum atomic E-state index is 11.6. The average molecular weight is 252 g/mol. The van der Waals surface area contributed by atoms with Crippen LogP contribution < -0.4 is 5.32 Å². The van der Waals surface area contributed by atoms with Gasteiger partial charge >= 0.3 is 0 Å². The number of amides is 1. The molecule has 0 bridgehead atoms. The number of hydrogen-bond acceptors (Lipinski definition) is 2. The fourth-order valence-electron chi connectivity index (χ4n) is 3.57. The summed E-state index contributed by atoms with van der Waals surface area (Å²) in [6.07, 6.45) is 5.88. The highest BCUT2D eigenvalue weighted by Crippen LogP contribution is 2.52. The van der Waals surface area contributed by atoms with Gasteiger partial charge in [-0.2, -0.15) is 0 Å². The zero-order chi connectivity index (χ0) is 13.2. The summed E-state index contributed by atoms with van der Waals surface area (Å²) < 4.78 is 0. The molecule has 3 heteroatoms. The number of carbonyl (C=O) groups is 1. The SMILES string of the molecule is CCC(=O)N1CCC2(CC1)CC(CNC(C)C)C2. The Hall–Kier alpha value is -0.570. The summed E-state index contributed by atoms with van der Waals surface area (Å²) in [4.78, 5) is 13.7. The molecule has 1 saturated carbocycles. The Morgan fingerprint density at radius 3 is 2.44 bits per heavy atom. The molecule has 0 aromatic heterocycles. The molecule has 0 radical (unpaired) electrons. The second-order valence-corrected chi connectivity index (χ2v) is 6.57. The molecule has 1 heterocycles. The van der Waals surface area contributed by atoms with Crippen molar-refractivity contribution >= 4 is 5.91 Å². The van der Waals surface area contributed by atoms with E-state index in [1.165, 1.54) is 32.2 Å². The first kappa shape index (κ1) is 13.9. The minimum atomic E-state index is 0.335. The summed E-state index contributed by atoms with van der Waals surface area (Å²) in [6.45, 7) is 9.56. The Labute approximate surface area is 111 Å². The van der Waals surface area contributed by atoms with Crippen molar-refractivity contribution in [2.24, 2.45) is 11.3 Å². The first-order valence-electron chi connectivity index (χ1n) is 7.56. The summed E-state index contributed by atoms with van der Waals surface area (Å²) >= 11 is 0. The fraction of sp³-hybridized carbons (Fsp3) is 0.933. The van der Waals surface area contributed by atoms with E-state index in [1.54, 1.807) is 0 Å². The van der Waals surface area contributed by atoms with Gasteiger partial charge in [-0.15, -0.1) is 0 Å². The number of rotatable bonds is 4. The third-order valence-electron chi connectivity index (χ3n) is 4.74. The number of piperidine rings is 1. The summed E-state index contributed by atoms with van der Waals surface area (Å²) in [7, 11) is 0. The van der Waals surface area contributed by atoms with Crippen LogP contribution in [0, 0.1) is 11.3 Å². The van der Waals surface area contributed by atoms with E-state index in [9.17, 15) is 4.79 Å². The van der Waals surface area contributed by atoms with E-state index in [2.05, 4.69) is 24.1 Å². The summed E-state index contributed by atoms with van der Waals surface area (Å²) in [5, 5.41) is 3.54. The van der Waals surface area contributed by atoms with Gasteiger partial charge < -0.3 is 10.2 Å². The molecular weight excluding hydrogens is 224 g/mol. The van der Waals surface area contributed by atoms with Crippen LogP contribution in [0.1, 0.15) is 52.9 Å². The van der Waals surface area contributed by atoms with Gasteiger partial charge in [0.15, 0.2) is 0 Å². The molecule has 104 valence electrons. The van der Waals surface area contributed by atoms with Crippen molar-refractivity contribution in [3.8, 4) is 0 Å². The smallest absolute Gasteiger partial charge is 0.222 e. The number of carbonyl (C=O) groups excluding carboxylic acids is 1. The molecule has 1 spiro atoms. The second-order valence-electron chi connectivity index (χ2n) is 6.57. The Balaban J connectivity index is 1.70. The van der Waals surface area contributed by atoms with E-state index in [1.807, 2.05) is 6.92 Å². The van der Waals surface area contributed by atoms with Gasteiger partial charge in [-0.25, -0.2) is 0 Å². The van der Waals surface area contributed by atoms with E-state index >= 15 is 0 Å². The molecule has 0 unspecified atom stereocenters. The number of nitrogens with one attached hydrogen (secondary N) is 1. The van der Waals surface area contributed by atoms with Crippen molar-refractivity contribution in [3.05, 3.63) is 0 Å². The Bertz CT molecular complexity index is 285. The zero-order valence-corrected chi connectivity index (χ0v) is 12.2. The highest BCUT2D eigenvalue weighted by Gasteiger charge is 2.45. The van der Waals surface area contributed by atoms with Gasteiger partial charge in [-0.1, -0.05) is 20.8 Å². The molecule has 1 aliphatic carbocycles. The lowest BCUT2D eigenvalue weighted by Gasteiger charge is -2.52. The third kappa shape index (κ3) is 3.05. The monoisotopic (exact) mass is 252 g/mol. The first-order chi connectivity index (χ1) is 8.54. The molecule has 1 N–H and O–H groups in total. The first-order valence-corrected chi connectivity index (χ1v) is 7.56. The van der Waals surface area contributed by atoms with Crippen molar-refractivity contribution in [1.29, 1.82) is 0 Å². The predicted octanol–water partition coefficient (Wildman–Crippen LogP) is 2.41. The van der Waals surface area contributed by atoms with Crippen LogP contribution in [-0.2, 0) is 4.79 Å². The van der Waals surface area contributed by atoms with E-state index in [0.29, 0.717) is 23.8 Å². The minimum absolute atomic E-state index is 0.335. The molecule has 1 saturated heterocycles. The molecule has 18 heavy (non-hydrogen) atoms. The molecule has 1 amide bonds. The summed E-state index contributed by atoms with van der Waals surface area (Å²) in [5.74, 6) is 1.21. The van der Waals surface area contributed by atoms with Gasteiger partial charge in [-0.05, 0) is 43.6 Å². The van der Waals surface area contributed by atoms with E-state index < -0.39 is 0 Å². The molecule has 2 fully saturated rings. The van der Waals surface area contributed by atoms with Gasteiger partial charge in [0.1, 0.15) is 0 Å². The average Bonchev–Trinajstić information content (AvgIpc) is 2.33. The van der Waals surface area contributed by atoms with Crippen LogP contribution in [0.5, 0.6) is 0 Å². The van der Waals surface area contributed by atoms with Gasteiger partial charge in [0.05, 0.1) is 0 Å². The van der Waals surface area contributed by atoms with E-state index in [4.69, 9.17) is 0 Å². The third-order valence-corrected chi connectivity index (χ3v) is 4.74. The molecule has 0 aromatic carbocycles. The molecule has 3 nitrogen and oxygen atoms in total. The normalized spacial score (nSPS) is 23.4. The van der Waals surface area contributed by atoms with Crippen LogP contribution in [0.15, 0.2) is 0 Å². The van der Waals surface area contributed by atoms with Crippen LogP contribution in [0.4, 0.5) is 0 Å². The van der Waals surface area contributed by atoms with Crippen LogP contribution in [0.2, 0.25) is 0 Å². The maximum Gasteiger partial charge on any atom is 0.222 e. The van der Waals surface area contributed by atoms with Gasteiger partial charge in [0.2, 0.25) is 5.91 Å². The molecule has 2 rings (SSSR count). The van der Waals surface area contributed by atoms with Crippen molar-refractivity contribution in [2.75, 3.05) is 19.6 Å². The van der Waals surface area contributed by atoms with Crippen molar-refractivity contribution in [1.82, 2.24) is 10.2 Å². The van der Waals surface area contributed by atoms with Crippen LogP contribution in [0.25, 0.3) is 0 Å². The lowest BCUT2D eigenvalue weighted by atomic mass is 9.57. The number of hydrogen-bond donors (Lipinski definition) is 1. The quantitative estimate of drug-likeness (QED) is 0.833. The minimum Gasteiger partial charge on any atom is -0.343 e. The highest BCUT2D eigenvalue weighted by atomic mass is 16.2. The number of nitrogens with zero attached hydrogens (tertiary/aromatic N) is 1. The van der Waals surface area contributed by atoms with Crippen molar-refractivity contribution < 1.29 is 4.79 Å².